The Bertz CT molecular complexity index is 1420. The monoisotopic (exact) mass is 569 g/mol. The molecule has 1 saturated carbocycles. The zero-order chi connectivity index (χ0) is 25.7. The van der Waals surface area contributed by atoms with Gasteiger partial charge in [-0.2, -0.15) is 5.26 Å². The first-order valence-corrected chi connectivity index (χ1v) is 11.8. The molecule has 0 heterocycles. The van der Waals surface area contributed by atoms with E-state index in [2.05, 4.69) is 5.32 Å². The molecule has 2 amide bonds. The van der Waals surface area contributed by atoms with Crippen LogP contribution in [-0.4, -0.2) is 16.1 Å². The third kappa shape index (κ3) is 4.22. The fourth-order valence-electron chi connectivity index (χ4n) is 4.24. The highest BCUT2D eigenvalue weighted by molar-refractivity contribution is 6.55. The van der Waals surface area contributed by atoms with Gasteiger partial charge in [0.1, 0.15) is 15.6 Å². The number of hydrogen-bond acceptors (Lipinski definition) is 3. The zero-order valence-electron chi connectivity index (χ0n) is 17.4. The van der Waals surface area contributed by atoms with E-state index in [1.807, 2.05) is 0 Å². The van der Waals surface area contributed by atoms with Gasteiger partial charge in [-0.05, 0) is 59.7 Å². The fourth-order valence-corrected chi connectivity index (χ4v) is 6.04. The van der Waals surface area contributed by atoms with Crippen molar-refractivity contribution in [1.29, 1.82) is 5.26 Å². The van der Waals surface area contributed by atoms with E-state index < -0.39 is 33.3 Å². The number of nitrogens with zero attached hydrogens (tertiary/aromatic N) is 1. The van der Waals surface area contributed by atoms with E-state index in [9.17, 15) is 14.0 Å². The molecule has 3 aromatic carbocycles. The molecule has 0 spiro atoms. The van der Waals surface area contributed by atoms with Crippen LogP contribution in [0.25, 0.3) is 0 Å². The van der Waals surface area contributed by atoms with Crippen molar-refractivity contribution >= 4 is 75.5 Å². The molecule has 2 atom stereocenters. The normalized spacial score (nSPS) is 20.1. The molecule has 3 N–H and O–H groups in total. The molecule has 2 unspecified atom stereocenters. The van der Waals surface area contributed by atoms with Crippen molar-refractivity contribution in [3.05, 3.63) is 97.7 Å². The largest absolute Gasteiger partial charge is 0.369 e. The maximum Gasteiger partial charge on any atom is 0.258 e. The second-order valence-electron chi connectivity index (χ2n) is 7.89. The predicted molar refractivity (Wildman–Crippen MR) is 135 cm³/mol. The second-order valence-corrected chi connectivity index (χ2v) is 10.6. The molecule has 178 valence electrons. The summed E-state index contributed by atoms with van der Waals surface area (Å²) in [5.41, 5.74) is 4.78. The van der Waals surface area contributed by atoms with Gasteiger partial charge in [0.05, 0.1) is 27.9 Å². The molecule has 0 aliphatic heterocycles. The van der Waals surface area contributed by atoms with Crippen molar-refractivity contribution in [2.24, 2.45) is 5.73 Å². The topological polar surface area (TPSA) is 96.0 Å². The standard InChI is InChI=1S/C24H13Cl5FN3O2/c25-14-6-12(7-15(26)9-14)20-23(22(32)35,24(20,28)29)13-2-4-17(27)19(8-13)33-21(34)16-3-1-11(10-31)5-18(16)30/h1-9,20H,(H2,32,35)(H,33,34). The number of amides is 2. The number of carbonyl (C=O) groups is 2. The van der Waals surface area contributed by atoms with Gasteiger partial charge in [0.15, 0.2) is 0 Å². The molecule has 11 heteroatoms. The Morgan fingerprint density at radius 3 is 2.23 bits per heavy atom. The van der Waals surface area contributed by atoms with Gasteiger partial charge in [-0.1, -0.05) is 64.1 Å². The molecule has 1 fully saturated rings. The van der Waals surface area contributed by atoms with Crippen molar-refractivity contribution in [2.75, 3.05) is 5.32 Å². The summed E-state index contributed by atoms with van der Waals surface area (Å²) in [5.74, 6) is -3.34. The first-order chi connectivity index (χ1) is 16.4. The second kappa shape index (κ2) is 9.16. The van der Waals surface area contributed by atoms with Crippen LogP contribution in [0.2, 0.25) is 15.1 Å². The molecule has 0 saturated heterocycles. The van der Waals surface area contributed by atoms with Gasteiger partial charge in [0.2, 0.25) is 5.91 Å². The number of hydrogen-bond donors (Lipinski definition) is 2. The molecule has 1 aliphatic rings. The molecular formula is C24H13Cl5FN3O2. The van der Waals surface area contributed by atoms with Crippen molar-refractivity contribution in [3.8, 4) is 6.07 Å². The lowest BCUT2D eigenvalue weighted by molar-refractivity contribution is -0.120. The summed E-state index contributed by atoms with van der Waals surface area (Å²) in [6.45, 7) is 0. The molecule has 1 aliphatic carbocycles. The third-order valence-corrected chi connectivity index (χ3v) is 7.66. The number of anilines is 1. The van der Waals surface area contributed by atoms with Crippen LogP contribution >= 0.6 is 58.0 Å². The van der Waals surface area contributed by atoms with Crippen LogP contribution < -0.4 is 11.1 Å². The first kappa shape index (κ1) is 25.6. The predicted octanol–water partition coefficient (Wildman–Crippen LogP) is 6.60. The van der Waals surface area contributed by atoms with Crippen molar-refractivity contribution in [1.82, 2.24) is 0 Å². The average molecular weight is 572 g/mol. The molecule has 35 heavy (non-hydrogen) atoms. The minimum atomic E-state index is -1.67. The molecule has 4 rings (SSSR count). The number of nitrogens with one attached hydrogen (secondary N) is 1. The van der Waals surface area contributed by atoms with E-state index >= 15 is 0 Å². The Morgan fingerprint density at radius 1 is 1.00 bits per heavy atom. The number of benzene rings is 3. The Kier molecular flexibility index (Phi) is 6.69. The summed E-state index contributed by atoms with van der Waals surface area (Å²) in [7, 11) is 0. The summed E-state index contributed by atoms with van der Waals surface area (Å²) in [6.07, 6.45) is 0. The van der Waals surface area contributed by atoms with E-state index in [1.54, 1.807) is 18.2 Å². The minimum absolute atomic E-state index is 0.0592. The van der Waals surface area contributed by atoms with Crippen molar-refractivity contribution < 1.29 is 14.0 Å². The van der Waals surface area contributed by atoms with Gasteiger partial charge in [-0.15, -0.1) is 0 Å². The number of carbonyl (C=O) groups excluding carboxylic acids is 2. The van der Waals surface area contributed by atoms with E-state index in [-0.39, 0.29) is 27.4 Å². The van der Waals surface area contributed by atoms with Gasteiger partial charge in [0.25, 0.3) is 5.91 Å². The van der Waals surface area contributed by atoms with Gasteiger partial charge in [0, 0.05) is 16.0 Å². The highest BCUT2D eigenvalue weighted by Crippen LogP contribution is 2.74. The number of nitrogens with two attached hydrogens (primary N) is 1. The van der Waals surface area contributed by atoms with Gasteiger partial charge in [-0.25, -0.2) is 4.39 Å². The Balaban J connectivity index is 1.75. The highest BCUT2D eigenvalue weighted by Gasteiger charge is 2.80. The van der Waals surface area contributed by atoms with Crippen molar-refractivity contribution in [2.45, 2.75) is 15.7 Å². The van der Waals surface area contributed by atoms with E-state index in [1.165, 1.54) is 36.4 Å². The molecule has 3 aromatic rings. The number of primary amides is 1. The maximum atomic E-state index is 14.3. The number of rotatable bonds is 5. The van der Waals surface area contributed by atoms with Crippen molar-refractivity contribution in [3.63, 3.8) is 0 Å². The summed E-state index contributed by atoms with van der Waals surface area (Å²) in [5, 5.41) is 12.1. The third-order valence-electron chi connectivity index (χ3n) is 5.86. The minimum Gasteiger partial charge on any atom is -0.369 e. The Labute approximate surface area is 224 Å². The molecule has 5 nitrogen and oxygen atoms in total. The van der Waals surface area contributed by atoms with Crippen LogP contribution in [0.5, 0.6) is 0 Å². The number of nitriles is 1. The summed E-state index contributed by atoms with van der Waals surface area (Å²) < 4.78 is 12.7. The lowest BCUT2D eigenvalue weighted by Crippen LogP contribution is -2.34. The van der Waals surface area contributed by atoms with E-state index in [4.69, 9.17) is 69.0 Å². The van der Waals surface area contributed by atoms with Crippen LogP contribution in [0, 0.1) is 17.1 Å². The van der Waals surface area contributed by atoms with Gasteiger partial charge in [-0.3, -0.25) is 9.59 Å². The van der Waals surface area contributed by atoms with Crippen LogP contribution in [-0.2, 0) is 10.2 Å². The fraction of sp³-hybridized carbons (Fsp3) is 0.125. The zero-order valence-corrected chi connectivity index (χ0v) is 21.2. The van der Waals surface area contributed by atoms with E-state index in [0.717, 1.165) is 6.07 Å². The molecule has 0 bridgehead atoms. The number of halogens is 6. The molecule has 0 aromatic heterocycles. The maximum absolute atomic E-state index is 14.3. The summed E-state index contributed by atoms with van der Waals surface area (Å²) in [4.78, 5) is 25.5. The Morgan fingerprint density at radius 2 is 1.66 bits per heavy atom. The Hall–Kier alpha value is -2.53. The van der Waals surface area contributed by atoms with Crippen LogP contribution in [0.15, 0.2) is 54.6 Å². The molecule has 0 radical (unpaired) electrons. The van der Waals surface area contributed by atoms with Gasteiger partial charge < -0.3 is 11.1 Å². The highest BCUT2D eigenvalue weighted by atomic mass is 35.5. The lowest BCUT2D eigenvalue weighted by Gasteiger charge is -2.18. The van der Waals surface area contributed by atoms with Gasteiger partial charge >= 0.3 is 0 Å². The van der Waals surface area contributed by atoms with E-state index in [0.29, 0.717) is 15.6 Å². The van der Waals surface area contributed by atoms with Crippen LogP contribution in [0.4, 0.5) is 10.1 Å². The molecular weight excluding hydrogens is 559 g/mol. The first-order valence-electron chi connectivity index (χ1n) is 9.88. The smallest absolute Gasteiger partial charge is 0.258 e. The lowest BCUT2D eigenvalue weighted by atomic mass is 9.89. The quantitative estimate of drug-likeness (QED) is 0.338. The summed E-state index contributed by atoms with van der Waals surface area (Å²) in [6, 6.07) is 14.2. The van der Waals surface area contributed by atoms with Crippen LogP contribution in [0.1, 0.15) is 33.0 Å². The SMILES string of the molecule is N#Cc1ccc(C(=O)Nc2cc(C3(C(N)=O)C(c4cc(Cl)cc(Cl)c4)C3(Cl)Cl)ccc2Cl)c(F)c1. The average Bonchev–Trinajstić information content (AvgIpc) is 3.31. The van der Waals surface area contributed by atoms with Crippen LogP contribution in [0.3, 0.4) is 0 Å². The number of alkyl halides is 2. The summed E-state index contributed by atoms with van der Waals surface area (Å²) >= 11 is 31.8.